The van der Waals surface area contributed by atoms with E-state index >= 15 is 0 Å². The first-order chi connectivity index (χ1) is 10.6. The first-order valence-electron chi connectivity index (χ1n) is 7.26. The Morgan fingerprint density at radius 3 is 2.77 bits per heavy atom. The molecule has 0 radical (unpaired) electrons. The number of nitrogens with one attached hydrogen (secondary N) is 1. The minimum atomic E-state index is -0.350. The molecule has 6 heteroatoms. The highest BCUT2D eigenvalue weighted by Crippen LogP contribution is 2.22. The van der Waals surface area contributed by atoms with Crippen LogP contribution in [0.25, 0.3) is 11.3 Å². The Hall–Kier alpha value is -2.63. The maximum atomic E-state index is 12.1. The number of nitrogen functional groups attached to an aromatic ring is 1. The molecule has 2 rings (SSSR count). The summed E-state index contributed by atoms with van der Waals surface area (Å²) < 4.78 is 6.92. The normalized spacial score (nSPS) is 10.5. The molecule has 0 amide bonds. The molecule has 0 saturated heterocycles. The number of rotatable bonds is 6. The van der Waals surface area contributed by atoms with Gasteiger partial charge in [0, 0.05) is 12.1 Å². The van der Waals surface area contributed by atoms with Gasteiger partial charge in [-0.1, -0.05) is 19.1 Å². The van der Waals surface area contributed by atoms with Gasteiger partial charge in [-0.05, 0) is 31.5 Å². The third-order valence-electron chi connectivity index (χ3n) is 3.17. The van der Waals surface area contributed by atoms with Crippen molar-refractivity contribution in [1.29, 1.82) is 5.41 Å². The fraction of sp³-hybridized carbons (Fsp3) is 0.312. The van der Waals surface area contributed by atoms with Crippen molar-refractivity contribution in [3.63, 3.8) is 0 Å². The lowest BCUT2D eigenvalue weighted by Crippen LogP contribution is -2.31. The van der Waals surface area contributed by atoms with Crippen LogP contribution in [0.4, 0.5) is 0 Å². The summed E-state index contributed by atoms with van der Waals surface area (Å²) in [5.41, 5.74) is 6.72. The van der Waals surface area contributed by atoms with Crippen molar-refractivity contribution >= 4 is 5.84 Å². The Labute approximate surface area is 129 Å². The van der Waals surface area contributed by atoms with Crippen LogP contribution in [0.5, 0.6) is 5.75 Å². The van der Waals surface area contributed by atoms with E-state index in [1.807, 2.05) is 38.1 Å². The van der Waals surface area contributed by atoms with E-state index in [-0.39, 0.29) is 17.0 Å². The lowest BCUT2D eigenvalue weighted by molar-refractivity contribution is 0.317. The van der Waals surface area contributed by atoms with Crippen LogP contribution >= 0.6 is 0 Å². The Kier molecular flexibility index (Phi) is 4.93. The number of hydrogen-bond donors (Lipinski definition) is 2. The second-order valence-electron chi connectivity index (χ2n) is 4.85. The lowest BCUT2D eigenvalue weighted by atomic mass is 10.1. The SMILES string of the molecule is CCCOc1cccc(-c2cc(C(=N)N)c(=O)n(CC)n2)c1. The average molecular weight is 300 g/mol. The fourth-order valence-electron chi connectivity index (χ4n) is 2.06. The van der Waals surface area contributed by atoms with Gasteiger partial charge in [-0.25, -0.2) is 4.68 Å². The molecule has 22 heavy (non-hydrogen) atoms. The van der Waals surface area contributed by atoms with Gasteiger partial charge in [0.2, 0.25) is 0 Å². The number of nitrogens with zero attached hydrogens (tertiary/aromatic N) is 2. The van der Waals surface area contributed by atoms with Crippen molar-refractivity contribution in [3.8, 4) is 17.0 Å². The molecule has 0 aliphatic rings. The van der Waals surface area contributed by atoms with Gasteiger partial charge >= 0.3 is 0 Å². The van der Waals surface area contributed by atoms with Crippen LogP contribution in [-0.2, 0) is 6.54 Å². The zero-order valence-corrected chi connectivity index (χ0v) is 12.8. The highest BCUT2D eigenvalue weighted by atomic mass is 16.5. The van der Waals surface area contributed by atoms with Crippen molar-refractivity contribution < 1.29 is 4.74 Å². The molecule has 0 atom stereocenters. The maximum Gasteiger partial charge on any atom is 0.277 e. The number of aromatic nitrogens is 2. The third-order valence-corrected chi connectivity index (χ3v) is 3.17. The van der Waals surface area contributed by atoms with Crippen LogP contribution in [0, 0.1) is 5.41 Å². The number of amidine groups is 1. The highest BCUT2D eigenvalue weighted by Gasteiger charge is 2.11. The van der Waals surface area contributed by atoms with Crippen LogP contribution in [0.2, 0.25) is 0 Å². The molecule has 0 aliphatic carbocycles. The Balaban J connectivity index is 2.50. The molecule has 3 N–H and O–H groups in total. The predicted molar refractivity (Wildman–Crippen MR) is 86.4 cm³/mol. The van der Waals surface area contributed by atoms with Gasteiger partial charge in [0.05, 0.1) is 17.9 Å². The molecule has 0 unspecified atom stereocenters. The van der Waals surface area contributed by atoms with E-state index in [9.17, 15) is 4.79 Å². The van der Waals surface area contributed by atoms with Gasteiger partial charge < -0.3 is 10.5 Å². The van der Waals surface area contributed by atoms with Gasteiger partial charge in [-0.15, -0.1) is 0 Å². The van der Waals surface area contributed by atoms with Crippen molar-refractivity contribution in [2.75, 3.05) is 6.61 Å². The predicted octanol–water partition coefficient (Wildman–Crippen LogP) is 2.00. The van der Waals surface area contributed by atoms with Gasteiger partial charge in [-0.2, -0.15) is 5.10 Å². The Morgan fingerprint density at radius 1 is 1.36 bits per heavy atom. The van der Waals surface area contributed by atoms with E-state index in [2.05, 4.69) is 5.10 Å². The first-order valence-corrected chi connectivity index (χ1v) is 7.26. The van der Waals surface area contributed by atoms with E-state index < -0.39 is 0 Å². The maximum absolute atomic E-state index is 12.1. The van der Waals surface area contributed by atoms with Crippen LogP contribution in [-0.4, -0.2) is 22.2 Å². The van der Waals surface area contributed by atoms with Gasteiger partial charge in [0.1, 0.15) is 11.6 Å². The van der Waals surface area contributed by atoms with E-state index in [0.717, 1.165) is 17.7 Å². The molecule has 1 aromatic heterocycles. The lowest BCUT2D eigenvalue weighted by Gasteiger charge is -2.10. The molecule has 0 saturated carbocycles. The zero-order chi connectivity index (χ0) is 16.1. The Bertz CT molecular complexity index is 737. The van der Waals surface area contributed by atoms with E-state index in [0.29, 0.717) is 18.8 Å². The number of nitrogens with two attached hydrogens (primary N) is 1. The molecular formula is C16H20N4O2. The van der Waals surface area contributed by atoms with Gasteiger partial charge in [0.15, 0.2) is 0 Å². The molecular weight excluding hydrogens is 280 g/mol. The topological polar surface area (TPSA) is 94.0 Å². The molecule has 0 fully saturated rings. The summed E-state index contributed by atoms with van der Waals surface area (Å²) in [6, 6.07) is 9.05. The second kappa shape index (κ2) is 6.89. The van der Waals surface area contributed by atoms with E-state index in [1.54, 1.807) is 6.07 Å². The first kappa shape index (κ1) is 15.8. The highest BCUT2D eigenvalue weighted by molar-refractivity contribution is 5.95. The second-order valence-corrected chi connectivity index (χ2v) is 4.85. The van der Waals surface area contributed by atoms with Crippen molar-refractivity contribution in [3.05, 3.63) is 46.2 Å². The number of ether oxygens (including phenoxy) is 1. The third kappa shape index (κ3) is 3.33. The standard InChI is InChI=1S/C16H20N4O2/c1-3-8-22-12-7-5-6-11(9-12)14-10-13(15(17)18)16(21)20(4-2)19-14/h5-7,9-10H,3-4,8H2,1-2H3,(H3,17,18). The van der Waals surface area contributed by atoms with E-state index in [1.165, 1.54) is 4.68 Å². The summed E-state index contributed by atoms with van der Waals surface area (Å²) in [6.45, 7) is 4.92. The Morgan fingerprint density at radius 2 is 2.14 bits per heavy atom. The van der Waals surface area contributed by atoms with Gasteiger partial charge in [0.25, 0.3) is 5.56 Å². The summed E-state index contributed by atoms with van der Waals surface area (Å²) in [7, 11) is 0. The minimum Gasteiger partial charge on any atom is -0.494 e. The number of aryl methyl sites for hydroxylation is 1. The fourth-order valence-corrected chi connectivity index (χ4v) is 2.06. The number of benzene rings is 1. The molecule has 1 heterocycles. The van der Waals surface area contributed by atoms with Gasteiger partial charge in [-0.3, -0.25) is 10.2 Å². The molecule has 0 spiro atoms. The van der Waals surface area contributed by atoms with Crippen molar-refractivity contribution in [1.82, 2.24) is 9.78 Å². The molecule has 116 valence electrons. The van der Waals surface area contributed by atoms with E-state index in [4.69, 9.17) is 15.9 Å². The quantitative estimate of drug-likeness (QED) is 0.630. The molecule has 0 bridgehead atoms. The monoisotopic (exact) mass is 300 g/mol. The number of hydrogen-bond acceptors (Lipinski definition) is 4. The van der Waals surface area contributed by atoms with Crippen molar-refractivity contribution in [2.24, 2.45) is 5.73 Å². The summed E-state index contributed by atoms with van der Waals surface area (Å²) >= 11 is 0. The molecule has 6 nitrogen and oxygen atoms in total. The summed E-state index contributed by atoms with van der Waals surface area (Å²) in [6.07, 6.45) is 0.928. The zero-order valence-electron chi connectivity index (χ0n) is 12.8. The van der Waals surface area contributed by atoms with Crippen LogP contribution in [0.15, 0.2) is 35.1 Å². The average Bonchev–Trinajstić information content (AvgIpc) is 2.53. The molecule has 0 aliphatic heterocycles. The summed E-state index contributed by atoms with van der Waals surface area (Å²) in [5.74, 6) is 0.494. The smallest absolute Gasteiger partial charge is 0.277 e. The molecule has 2 aromatic rings. The van der Waals surface area contributed by atoms with Crippen molar-refractivity contribution in [2.45, 2.75) is 26.8 Å². The largest absolute Gasteiger partial charge is 0.494 e. The summed E-state index contributed by atoms with van der Waals surface area (Å²) in [4.78, 5) is 12.1. The summed E-state index contributed by atoms with van der Waals surface area (Å²) in [5, 5.41) is 11.9. The minimum absolute atomic E-state index is 0.159. The van der Waals surface area contributed by atoms with Crippen LogP contribution in [0.1, 0.15) is 25.8 Å². The van der Waals surface area contributed by atoms with Crippen LogP contribution in [0.3, 0.4) is 0 Å². The van der Waals surface area contributed by atoms with Crippen LogP contribution < -0.4 is 16.0 Å². The molecule has 1 aromatic carbocycles.